The lowest BCUT2D eigenvalue weighted by Crippen LogP contribution is -2.29. The maximum atomic E-state index is 13.9. The number of imidazole rings is 1. The van der Waals surface area contributed by atoms with Crippen LogP contribution in [-0.2, 0) is 16.2 Å². The van der Waals surface area contributed by atoms with Crippen LogP contribution in [0.25, 0.3) is 21.6 Å². The number of hydrogen-bond donors (Lipinski definition) is 1. The lowest BCUT2D eigenvalue weighted by atomic mass is 9.96. The molecule has 4 heterocycles. The number of nitrogens with zero attached hydrogens (tertiary/aromatic N) is 4. The summed E-state index contributed by atoms with van der Waals surface area (Å²) in [6, 6.07) is 24.0. The zero-order valence-corrected chi connectivity index (χ0v) is 26.1. The smallest absolute Gasteiger partial charge is 0.301 e. The molecule has 1 unspecified atom stereocenters. The van der Waals surface area contributed by atoms with Crippen molar-refractivity contribution < 1.29 is 19.4 Å². The van der Waals surface area contributed by atoms with Gasteiger partial charge in [-0.05, 0) is 79.8 Å². The number of aliphatic hydroxyl groups is 1. The van der Waals surface area contributed by atoms with Gasteiger partial charge in [0.2, 0.25) is 0 Å². The van der Waals surface area contributed by atoms with Crippen molar-refractivity contribution in [1.29, 1.82) is 0 Å². The zero-order chi connectivity index (χ0) is 31.4. The number of aryl methyl sites for hydroxylation is 4. The van der Waals surface area contributed by atoms with Crippen molar-refractivity contribution in [2.45, 2.75) is 40.3 Å². The minimum Gasteiger partial charge on any atom is -0.505 e. The number of carbonyl (C=O) groups is 2. The Kier molecular flexibility index (Phi) is 6.97. The molecule has 3 aromatic carbocycles. The van der Waals surface area contributed by atoms with Crippen LogP contribution in [0.3, 0.4) is 0 Å². The Hall–Kier alpha value is -5.28. The van der Waals surface area contributed by atoms with Gasteiger partial charge in [-0.1, -0.05) is 65.9 Å². The minimum atomic E-state index is -0.961. The zero-order valence-electron chi connectivity index (χ0n) is 25.2. The molecule has 1 aliphatic heterocycles. The average molecular weight is 615 g/mol. The molecule has 0 spiro atoms. The van der Waals surface area contributed by atoms with E-state index in [0.717, 1.165) is 32.5 Å². The fraction of sp³-hybridized carbons (Fsp3) is 0.167. The van der Waals surface area contributed by atoms with Crippen LogP contribution in [0, 0.1) is 27.7 Å². The van der Waals surface area contributed by atoms with E-state index in [0.29, 0.717) is 34.4 Å². The van der Waals surface area contributed by atoms with Crippen LogP contribution < -0.4 is 9.64 Å². The van der Waals surface area contributed by atoms with Gasteiger partial charge in [0.15, 0.2) is 10.9 Å². The third kappa shape index (κ3) is 4.85. The van der Waals surface area contributed by atoms with Crippen LogP contribution in [0.1, 0.15) is 45.2 Å². The van der Waals surface area contributed by atoms with Gasteiger partial charge >= 0.3 is 5.91 Å². The molecule has 0 radical (unpaired) electrons. The van der Waals surface area contributed by atoms with E-state index in [1.54, 1.807) is 0 Å². The molecule has 1 fully saturated rings. The first-order valence-electron chi connectivity index (χ1n) is 14.6. The van der Waals surface area contributed by atoms with Gasteiger partial charge in [-0.15, -0.1) is 0 Å². The van der Waals surface area contributed by atoms with Crippen molar-refractivity contribution >= 4 is 49.8 Å². The van der Waals surface area contributed by atoms with Crippen molar-refractivity contribution in [3.8, 4) is 5.75 Å². The molecule has 8 nitrogen and oxygen atoms in total. The second-order valence-corrected chi connectivity index (χ2v) is 12.4. The molecule has 1 N–H and O–H groups in total. The van der Waals surface area contributed by atoms with Crippen molar-refractivity contribution in [1.82, 2.24) is 14.4 Å². The Labute approximate surface area is 263 Å². The van der Waals surface area contributed by atoms with E-state index in [-0.39, 0.29) is 17.0 Å². The number of carbonyl (C=O) groups excluding carboxylic acids is 2. The van der Waals surface area contributed by atoms with E-state index in [1.165, 1.54) is 16.2 Å². The van der Waals surface area contributed by atoms with Gasteiger partial charge < -0.3 is 14.2 Å². The third-order valence-electron chi connectivity index (χ3n) is 8.20. The predicted molar refractivity (Wildman–Crippen MR) is 176 cm³/mol. The molecule has 1 amide bonds. The van der Waals surface area contributed by atoms with Crippen LogP contribution in [-0.4, -0.2) is 31.2 Å². The number of Topliss-reactive ketones (excluding diaryl/α,β-unsaturated/α-hetero) is 1. The molecule has 1 saturated heterocycles. The summed E-state index contributed by atoms with van der Waals surface area (Å²) < 4.78 is 8.90. The average Bonchev–Trinajstić information content (AvgIpc) is 3.69. The van der Waals surface area contributed by atoms with Gasteiger partial charge in [0, 0.05) is 6.20 Å². The summed E-state index contributed by atoms with van der Waals surface area (Å²) >= 11 is 1.34. The molecule has 6 aromatic rings. The van der Waals surface area contributed by atoms with Gasteiger partial charge in [0.25, 0.3) is 5.78 Å². The highest BCUT2D eigenvalue weighted by atomic mass is 32.1. The number of fused-ring (bicyclic) bond motifs is 2. The molecule has 224 valence electrons. The quantitative estimate of drug-likeness (QED) is 0.119. The monoisotopic (exact) mass is 614 g/mol. The molecule has 0 aliphatic carbocycles. The first-order chi connectivity index (χ1) is 21.7. The van der Waals surface area contributed by atoms with Crippen LogP contribution in [0.2, 0.25) is 0 Å². The molecule has 1 atom stereocenters. The van der Waals surface area contributed by atoms with Gasteiger partial charge in [0.05, 0.1) is 27.5 Å². The number of ether oxygens (including phenoxy) is 1. The fourth-order valence-electron chi connectivity index (χ4n) is 6.00. The molecule has 3 aromatic heterocycles. The predicted octanol–water partition coefficient (Wildman–Crippen LogP) is 7.38. The molecule has 0 bridgehead atoms. The number of aromatic nitrogens is 3. The number of hydrogen-bond acceptors (Lipinski definition) is 7. The van der Waals surface area contributed by atoms with Crippen molar-refractivity contribution in [2.75, 3.05) is 4.90 Å². The normalized spacial score (nSPS) is 16.3. The van der Waals surface area contributed by atoms with Crippen LogP contribution in [0.4, 0.5) is 5.13 Å². The highest BCUT2D eigenvalue weighted by molar-refractivity contribution is 7.22. The number of benzene rings is 3. The van der Waals surface area contributed by atoms with Gasteiger partial charge in [-0.3, -0.25) is 14.5 Å². The largest absolute Gasteiger partial charge is 0.505 e. The molecular weight excluding hydrogens is 584 g/mol. The molecule has 0 saturated carbocycles. The number of pyridine rings is 1. The Morgan fingerprint density at radius 3 is 2.49 bits per heavy atom. The second-order valence-electron chi connectivity index (χ2n) is 11.4. The van der Waals surface area contributed by atoms with Crippen molar-refractivity contribution in [3.63, 3.8) is 0 Å². The number of rotatable bonds is 6. The Morgan fingerprint density at radius 1 is 0.911 bits per heavy atom. The van der Waals surface area contributed by atoms with Crippen LogP contribution >= 0.6 is 11.3 Å². The van der Waals surface area contributed by atoms with Crippen LogP contribution in [0.5, 0.6) is 5.75 Å². The van der Waals surface area contributed by atoms with Crippen LogP contribution in [0.15, 0.2) is 90.6 Å². The van der Waals surface area contributed by atoms with E-state index < -0.39 is 17.7 Å². The number of aliphatic hydroxyl groups excluding tert-OH is 1. The maximum absolute atomic E-state index is 13.9. The fourth-order valence-corrected chi connectivity index (χ4v) is 7.16. The summed E-state index contributed by atoms with van der Waals surface area (Å²) in [6.07, 6.45) is 1.86. The Balaban J connectivity index is 1.40. The highest BCUT2D eigenvalue weighted by Crippen LogP contribution is 2.45. The Bertz CT molecular complexity index is 2180. The molecular formula is C36H30N4O4S. The van der Waals surface area contributed by atoms with Gasteiger partial charge in [0.1, 0.15) is 23.7 Å². The van der Waals surface area contributed by atoms with E-state index in [2.05, 4.69) is 0 Å². The van der Waals surface area contributed by atoms with Crippen molar-refractivity contribution in [2.24, 2.45) is 0 Å². The summed E-state index contributed by atoms with van der Waals surface area (Å²) in [4.78, 5) is 38.8. The maximum Gasteiger partial charge on any atom is 0.301 e. The lowest BCUT2D eigenvalue weighted by Gasteiger charge is -2.23. The molecule has 1 aliphatic rings. The molecule has 7 rings (SSSR count). The third-order valence-corrected chi connectivity index (χ3v) is 9.20. The van der Waals surface area contributed by atoms with Gasteiger partial charge in [-0.25, -0.2) is 9.97 Å². The summed E-state index contributed by atoms with van der Waals surface area (Å²) in [7, 11) is 0. The van der Waals surface area contributed by atoms with E-state index in [1.807, 2.05) is 117 Å². The van der Waals surface area contributed by atoms with Gasteiger partial charge in [-0.2, -0.15) is 0 Å². The lowest BCUT2D eigenvalue weighted by molar-refractivity contribution is -0.132. The summed E-state index contributed by atoms with van der Waals surface area (Å²) in [5, 5.41) is 12.3. The number of ketones is 1. The SMILES string of the molecule is Cc1cc(C)c2nc(N3C(=O)C(=O)C(=C(O)c4nc5c(C)cccn5c4C)C3c3cccc(OCc4ccccc4)c3)sc2c1. The highest BCUT2D eigenvalue weighted by Gasteiger charge is 2.48. The number of thiazole rings is 1. The van der Waals surface area contributed by atoms with E-state index >= 15 is 0 Å². The number of anilines is 1. The summed E-state index contributed by atoms with van der Waals surface area (Å²) in [6.45, 7) is 8.10. The standard InChI is InChI=1S/C36H30N4O4S/c1-20-16-22(3)29-27(17-20)45-36(38-29)40-31(25-13-8-14-26(18-25)44-19-24-11-6-5-7-12-24)28(33(42)35(40)43)32(41)30-23(4)39-15-9-10-21(2)34(39)37-30/h5-18,31,41H,19H2,1-4H3. The topological polar surface area (TPSA) is 97.0 Å². The molecule has 45 heavy (non-hydrogen) atoms. The minimum absolute atomic E-state index is 0.0449. The molecule has 9 heteroatoms. The Morgan fingerprint density at radius 2 is 1.71 bits per heavy atom. The van der Waals surface area contributed by atoms with E-state index in [4.69, 9.17) is 14.7 Å². The van der Waals surface area contributed by atoms with Crippen molar-refractivity contribution in [3.05, 3.63) is 130 Å². The summed E-state index contributed by atoms with van der Waals surface area (Å²) in [5.41, 5.74) is 6.88. The first kappa shape index (κ1) is 28.5. The number of amides is 1. The van der Waals surface area contributed by atoms with E-state index in [9.17, 15) is 14.7 Å². The summed E-state index contributed by atoms with van der Waals surface area (Å²) in [5.74, 6) is -1.32. The first-order valence-corrected chi connectivity index (χ1v) is 15.4. The second kappa shape index (κ2) is 11.0.